The summed E-state index contributed by atoms with van der Waals surface area (Å²) in [4.78, 5) is 0. The Balaban J connectivity index is 0.000000236. The van der Waals surface area contributed by atoms with E-state index >= 15 is 0 Å². The van der Waals surface area contributed by atoms with Gasteiger partial charge >= 0.3 is 0 Å². The highest BCUT2D eigenvalue weighted by molar-refractivity contribution is 9.09. The van der Waals surface area contributed by atoms with Crippen LogP contribution < -0.4 is 5.73 Å². The van der Waals surface area contributed by atoms with Crippen LogP contribution in [-0.4, -0.2) is 5.33 Å². The molecule has 1 aromatic carbocycles. The van der Waals surface area contributed by atoms with Gasteiger partial charge < -0.3 is 5.73 Å². The minimum atomic E-state index is 0.822. The van der Waals surface area contributed by atoms with Crippen molar-refractivity contribution in [2.75, 3.05) is 11.1 Å². The van der Waals surface area contributed by atoms with Gasteiger partial charge in [0.25, 0.3) is 0 Å². The lowest BCUT2D eigenvalue weighted by molar-refractivity contribution is 1.56. The fraction of sp³-hybridized carbons (Fsp3) is 0.250. The number of rotatable bonds is 0. The molecule has 0 radical (unpaired) electrons. The van der Waals surface area contributed by atoms with E-state index in [1.165, 1.54) is 0 Å². The number of para-hydroxylation sites is 1. The third-order valence-corrected chi connectivity index (χ3v) is 0.800. The third kappa shape index (κ3) is 5.63. The molecule has 2 N–H and O–H groups in total. The van der Waals surface area contributed by atoms with E-state index in [4.69, 9.17) is 5.73 Å². The summed E-state index contributed by atoms with van der Waals surface area (Å²) in [5.41, 5.74) is 6.18. The van der Waals surface area contributed by atoms with Gasteiger partial charge in [-0.1, -0.05) is 41.1 Å². The van der Waals surface area contributed by atoms with Crippen molar-refractivity contribution in [3.05, 3.63) is 30.3 Å². The van der Waals surface area contributed by atoms with Gasteiger partial charge in [0.2, 0.25) is 0 Å². The first kappa shape index (κ1) is 9.50. The highest BCUT2D eigenvalue weighted by atomic mass is 79.9. The first-order valence-corrected chi connectivity index (χ1v) is 4.30. The smallest absolute Gasteiger partial charge is 0.0313 e. The third-order valence-electron chi connectivity index (χ3n) is 0.800. The van der Waals surface area contributed by atoms with Gasteiger partial charge in [0.1, 0.15) is 0 Å². The van der Waals surface area contributed by atoms with Crippen LogP contribution in [0.4, 0.5) is 5.69 Å². The number of benzene rings is 1. The number of hydrogen-bond donors (Lipinski definition) is 1. The van der Waals surface area contributed by atoms with Crippen molar-refractivity contribution in [2.24, 2.45) is 0 Å². The van der Waals surface area contributed by atoms with E-state index in [0.717, 1.165) is 11.0 Å². The number of anilines is 1. The standard InChI is InChI=1S/C6H7N.C2H5Br/c7-6-4-2-1-3-5-6;1-2-3/h1-5H,7H2;2H2,1H3. The summed E-state index contributed by atoms with van der Waals surface area (Å²) in [7, 11) is 0. The van der Waals surface area contributed by atoms with Gasteiger partial charge in [-0.05, 0) is 12.1 Å². The summed E-state index contributed by atoms with van der Waals surface area (Å²) in [6.07, 6.45) is 0. The lowest BCUT2D eigenvalue weighted by atomic mass is 10.3. The molecule has 0 atom stereocenters. The molecule has 1 rings (SSSR count). The molecule has 0 unspecified atom stereocenters. The number of halogens is 1. The normalized spacial score (nSPS) is 7.80. The van der Waals surface area contributed by atoms with Crippen molar-refractivity contribution in [3.63, 3.8) is 0 Å². The van der Waals surface area contributed by atoms with E-state index in [-0.39, 0.29) is 0 Å². The molecule has 0 heterocycles. The molecule has 0 saturated carbocycles. The van der Waals surface area contributed by atoms with E-state index in [1.807, 2.05) is 37.3 Å². The molecule has 1 nitrogen and oxygen atoms in total. The van der Waals surface area contributed by atoms with Crippen molar-refractivity contribution < 1.29 is 0 Å². The summed E-state index contributed by atoms with van der Waals surface area (Å²) in [5.74, 6) is 0. The van der Waals surface area contributed by atoms with Crippen molar-refractivity contribution in [2.45, 2.75) is 6.92 Å². The molecular formula is C8H12BrN. The van der Waals surface area contributed by atoms with Gasteiger partial charge in [0.15, 0.2) is 0 Å². The summed E-state index contributed by atoms with van der Waals surface area (Å²) in [5, 5.41) is 1.06. The fourth-order valence-corrected chi connectivity index (χ4v) is 0.453. The molecule has 0 fully saturated rings. The molecule has 1 aromatic rings. The minimum Gasteiger partial charge on any atom is -0.399 e. The second kappa shape index (κ2) is 6.62. The highest BCUT2D eigenvalue weighted by Gasteiger charge is 1.72. The molecule has 0 aliphatic carbocycles. The topological polar surface area (TPSA) is 26.0 Å². The van der Waals surface area contributed by atoms with Crippen LogP contribution in [0.15, 0.2) is 30.3 Å². The Kier molecular flexibility index (Phi) is 6.29. The Hall–Kier alpha value is -0.500. The molecule has 0 aliphatic heterocycles. The molecule has 0 saturated heterocycles. The van der Waals surface area contributed by atoms with Crippen molar-refractivity contribution in [1.29, 1.82) is 0 Å². The van der Waals surface area contributed by atoms with Gasteiger partial charge in [-0.15, -0.1) is 0 Å². The minimum absolute atomic E-state index is 0.822. The Morgan fingerprint density at radius 3 is 1.90 bits per heavy atom. The zero-order valence-electron chi connectivity index (χ0n) is 6.05. The zero-order valence-corrected chi connectivity index (χ0v) is 7.64. The SMILES string of the molecule is CCBr.Nc1ccccc1. The maximum absolute atomic E-state index is 5.36. The zero-order chi connectivity index (χ0) is 7.82. The Morgan fingerprint density at radius 2 is 1.70 bits per heavy atom. The largest absolute Gasteiger partial charge is 0.399 e. The number of nitrogen functional groups attached to an aromatic ring is 1. The van der Waals surface area contributed by atoms with Crippen molar-refractivity contribution >= 4 is 21.6 Å². The molecule has 56 valence electrons. The first-order valence-electron chi connectivity index (χ1n) is 3.17. The molecule has 0 aliphatic rings. The van der Waals surface area contributed by atoms with Crippen LogP contribution in [0.5, 0.6) is 0 Å². The lowest BCUT2D eigenvalue weighted by Crippen LogP contribution is -1.79. The summed E-state index contributed by atoms with van der Waals surface area (Å²) < 4.78 is 0. The van der Waals surface area contributed by atoms with Crippen LogP contribution in [0, 0.1) is 0 Å². The van der Waals surface area contributed by atoms with Gasteiger partial charge in [-0.2, -0.15) is 0 Å². The monoisotopic (exact) mass is 201 g/mol. The van der Waals surface area contributed by atoms with Crippen LogP contribution in [-0.2, 0) is 0 Å². The van der Waals surface area contributed by atoms with E-state index in [9.17, 15) is 0 Å². The van der Waals surface area contributed by atoms with E-state index in [2.05, 4.69) is 15.9 Å². The Labute approximate surface area is 70.4 Å². The molecule has 0 bridgehead atoms. The molecule has 0 amide bonds. The lowest BCUT2D eigenvalue weighted by Gasteiger charge is -1.83. The van der Waals surface area contributed by atoms with E-state index < -0.39 is 0 Å². The second-order valence-corrected chi connectivity index (χ2v) is 2.80. The molecule has 10 heavy (non-hydrogen) atoms. The average Bonchev–Trinajstić information content (AvgIpc) is 1.91. The second-order valence-electron chi connectivity index (χ2n) is 1.68. The summed E-state index contributed by atoms with van der Waals surface area (Å²) in [6, 6.07) is 9.49. The van der Waals surface area contributed by atoms with Crippen LogP contribution >= 0.6 is 15.9 Å². The predicted molar refractivity (Wildman–Crippen MR) is 50.3 cm³/mol. The van der Waals surface area contributed by atoms with Gasteiger partial charge in [-0.3, -0.25) is 0 Å². The molecule has 2 heteroatoms. The molecule has 0 aromatic heterocycles. The maximum Gasteiger partial charge on any atom is 0.0313 e. The number of hydrogen-bond acceptors (Lipinski definition) is 1. The Bertz CT molecular complexity index is 151. The highest BCUT2D eigenvalue weighted by Crippen LogP contribution is 1.95. The van der Waals surface area contributed by atoms with E-state index in [0.29, 0.717) is 0 Å². The summed E-state index contributed by atoms with van der Waals surface area (Å²) in [6.45, 7) is 2.04. The number of alkyl halides is 1. The first-order chi connectivity index (χ1) is 4.81. The van der Waals surface area contributed by atoms with Crippen LogP contribution in [0.2, 0.25) is 0 Å². The van der Waals surface area contributed by atoms with Gasteiger partial charge in [0, 0.05) is 11.0 Å². The van der Waals surface area contributed by atoms with Crippen molar-refractivity contribution in [3.8, 4) is 0 Å². The van der Waals surface area contributed by atoms with Gasteiger partial charge in [-0.25, -0.2) is 0 Å². The summed E-state index contributed by atoms with van der Waals surface area (Å²) >= 11 is 3.15. The van der Waals surface area contributed by atoms with Crippen LogP contribution in [0.25, 0.3) is 0 Å². The van der Waals surface area contributed by atoms with E-state index in [1.54, 1.807) is 0 Å². The molecular weight excluding hydrogens is 190 g/mol. The molecule has 0 spiro atoms. The van der Waals surface area contributed by atoms with Gasteiger partial charge in [0.05, 0.1) is 0 Å². The van der Waals surface area contributed by atoms with Crippen molar-refractivity contribution in [1.82, 2.24) is 0 Å². The Morgan fingerprint density at radius 1 is 1.30 bits per heavy atom. The fourth-order valence-electron chi connectivity index (χ4n) is 0.453. The van der Waals surface area contributed by atoms with Crippen LogP contribution in [0.1, 0.15) is 6.92 Å². The maximum atomic E-state index is 5.36. The average molecular weight is 202 g/mol. The van der Waals surface area contributed by atoms with Crippen LogP contribution in [0.3, 0.4) is 0 Å². The quantitative estimate of drug-likeness (QED) is 0.508. The number of nitrogens with two attached hydrogens (primary N) is 1. The predicted octanol–water partition coefficient (Wildman–Crippen LogP) is 2.67.